The summed E-state index contributed by atoms with van der Waals surface area (Å²) in [6, 6.07) is 11.6. The number of rotatable bonds is 6. The summed E-state index contributed by atoms with van der Waals surface area (Å²) in [7, 11) is 3.17. The Labute approximate surface area is 166 Å². The number of amides is 2. The van der Waals surface area contributed by atoms with Gasteiger partial charge in [-0.3, -0.25) is 5.84 Å². The first-order valence-electron chi connectivity index (χ1n) is 9.06. The van der Waals surface area contributed by atoms with Crippen molar-refractivity contribution in [1.29, 1.82) is 0 Å². The number of nitrogens with zero attached hydrogens (tertiary/aromatic N) is 3. The van der Waals surface area contributed by atoms with Gasteiger partial charge in [-0.15, -0.1) is 0 Å². The highest BCUT2D eigenvalue weighted by Crippen LogP contribution is 2.21. The molecular formula is C21H29N5O2. The standard InChI is InChI=1S/C21H29N5O2/c1-14-10-11-16(3)18(12-14)17(4)24-28-13-19-15(2)8-7-9-20(19)23-21(27)25(5)26(6)22/h7-12H,13,22H2,1-6H3,(H,23,27)/b24-17-. The van der Waals surface area contributed by atoms with E-state index in [1.165, 1.54) is 15.7 Å². The molecule has 150 valence electrons. The lowest BCUT2D eigenvalue weighted by atomic mass is 10.0. The van der Waals surface area contributed by atoms with Crippen LogP contribution < -0.4 is 11.2 Å². The van der Waals surface area contributed by atoms with Gasteiger partial charge in [-0.05, 0) is 51.0 Å². The molecule has 0 fully saturated rings. The predicted octanol–water partition coefficient (Wildman–Crippen LogP) is 3.74. The van der Waals surface area contributed by atoms with E-state index in [4.69, 9.17) is 10.7 Å². The number of hydrogen-bond donors (Lipinski definition) is 2. The zero-order valence-electron chi connectivity index (χ0n) is 17.4. The Morgan fingerprint density at radius 1 is 1.14 bits per heavy atom. The number of anilines is 1. The first-order valence-corrected chi connectivity index (χ1v) is 9.06. The maximum absolute atomic E-state index is 12.3. The molecule has 2 aromatic carbocycles. The fraction of sp³-hybridized carbons (Fsp3) is 0.333. The molecule has 0 aliphatic heterocycles. The molecule has 2 amide bonds. The number of benzene rings is 2. The third-order valence-electron chi connectivity index (χ3n) is 4.61. The van der Waals surface area contributed by atoms with Crippen molar-refractivity contribution in [2.75, 3.05) is 19.4 Å². The van der Waals surface area contributed by atoms with Crippen molar-refractivity contribution in [2.45, 2.75) is 34.3 Å². The Morgan fingerprint density at radius 2 is 1.86 bits per heavy atom. The van der Waals surface area contributed by atoms with Crippen molar-refractivity contribution in [3.8, 4) is 0 Å². The van der Waals surface area contributed by atoms with Gasteiger partial charge in [0, 0.05) is 30.9 Å². The minimum absolute atomic E-state index is 0.243. The van der Waals surface area contributed by atoms with Crippen LogP contribution in [0.25, 0.3) is 0 Å². The van der Waals surface area contributed by atoms with Gasteiger partial charge in [0.25, 0.3) is 0 Å². The Kier molecular flexibility index (Phi) is 7.14. The molecule has 0 atom stereocenters. The topological polar surface area (TPSA) is 83.2 Å². The molecule has 3 N–H and O–H groups in total. The van der Waals surface area contributed by atoms with Crippen LogP contribution in [0.15, 0.2) is 41.6 Å². The molecule has 0 radical (unpaired) electrons. The van der Waals surface area contributed by atoms with Gasteiger partial charge in [0.05, 0.1) is 5.71 Å². The molecule has 0 bridgehead atoms. The smallest absolute Gasteiger partial charge is 0.337 e. The highest BCUT2D eigenvalue weighted by atomic mass is 16.6. The van der Waals surface area contributed by atoms with E-state index in [0.717, 1.165) is 28.0 Å². The van der Waals surface area contributed by atoms with Crippen LogP contribution in [-0.2, 0) is 11.4 Å². The van der Waals surface area contributed by atoms with Crippen LogP contribution in [0.2, 0.25) is 0 Å². The summed E-state index contributed by atoms with van der Waals surface area (Å²) in [6.07, 6.45) is 0. The molecule has 7 nitrogen and oxygen atoms in total. The molecule has 0 aromatic heterocycles. The highest BCUT2D eigenvalue weighted by molar-refractivity contribution is 5.99. The maximum Gasteiger partial charge on any atom is 0.337 e. The zero-order chi connectivity index (χ0) is 20.8. The zero-order valence-corrected chi connectivity index (χ0v) is 17.4. The molecule has 0 unspecified atom stereocenters. The Hall–Kier alpha value is -2.90. The van der Waals surface area contributed by atoms with Crippen LogP contribution in [0.5, 0.6) is 0 Å². The van der Waals surface area contributed by atoms with Crippen molar-refractivity contribution in [3.05, 3.63) is 64.2 Å². The van der Waals surface area contributed by atoms with Gasteiger partial charge >= 0.3 is 6.03 Å². The molecule has 0 aliphatic rings. The van der Waals surface area contributed by atoms with Crippen LogP contribution >= 0.6 is 0 Å². The second-order valence-electron chi connectivity index (χ2n) is 6.90. The normalized spacial score (nSPS) is 11.5. The van der Waals surface area contributed by atoms with Crippen molar-refractivity contribution in [2.24, 2.45) is 11.0 Å². The lowest BCUT2D eigenvalue weighted by Crippen LogP contribution is -2.47. The minimum Gasteiger partial charge on any atom is -0.391 e. The van der Waals surface area contributed by atoms with Crippen molar-refractivity contribution in [3.63, 3.8) is 0 Å². The number of oxime groups is 1. The number of nitrogens with one attached hydrogen (secondary N) is 1. The van der Waals surface area contributed by atoms with Gasteiger partial charge in [-0.2, -0.15) is 5.12 Å². The van der Waals surface area contributed by atoms with E-state index in [9.17, 15) is 4.79 Å². The van der Waals surface area contributed by atoms with Gasteiger partial charge in [0.1, 0.15) is 6.61 Å². The van der Waals surface area contributed by atoms with Crippen LogP contribution in [0.1, 0.15) is 34.7 Å². The van der Waals surface area contributed by atoms with Crippen molar-refractivity contribution >= 4 is 17.4 Å². The van der Waals surface area contributed by atoms with Crippen LogP contribution in [0, 0.1) is 20.8 Å². The number of hydrazine groups is 2. The summed E-state index contributed by atoms with van der Waals surface area (Å²) in [4.78, 5) is 17.9. The lowest BCUT2D eigenvalue weighted by molar-refractivity contribution is 0.0705. The molecule has 0 aliphatic carbocycles. The quantitative estimate of drug-likeness (QED) is 0.452. The molecule has 0 saturated carbocycles. The molecule has 0 saturated heterocycles. The van der Waals surface area contributed by atoms with E-state index in [0.29, 0.717) is 5.69 Å². The first kappa shape index (κ1) is 21.4. The number of carbonyl (C=O) groups is 1. The van der Waals surface area contributed by atoms with E-state index >= 15 is 0 Å². The largest absolute Gasteiger partial charge is 0.391 e. The second-order valence-corrected chi connectivity index (χ2v) is 6.90. The first-order chi connectivity index (χ1) is 13.2. The summed E-state index contributed by atoms with van der Waals surface area (Å²) in [5.74, 6) is 5.61. The van der Waals surface area contributed by atoms with Crippen LogP contribution in [0.3, 0.4) is 0 Å². The monoisotopic (exact) mass is 383 g/mol. The van der Waals surface area contributed by atoms with E-state index < -0.39 is 0 Å². The van der Waals surface area contributed by atoms with Gasteiger partial charge < -0.3 is 10.2 Å². The van der Waals surface area contributed by atoms with Gasteiger partial charge in [0.15, 0.2) is 0 Å². The average molecular weight is 383 g/mol. The number of aryl methyl sites for hydroxylation is 3. The van der Waals surface area contributed by atoms with Crippen LogP contribution in [-0.4, -0.2) is 36.0 Å². The third-order valence-corrected chi connectivity index (χ3v) is 4.61. The second kappa shape index (κ2) is 9.34. The maximum atomic E-state index is 12.3. The van der Waals surface area contributed by atoms with Gasteiger partial charge in [-0.1, -0.05) is 35.0 Å². The number of carbonyl (C=O) groups excluding carboxylic acids is 1. The van der Waals surface area contributed by atoms with Gasteiger partial charge in [-0.25, -0.2) is 9.80 Å². The SMILES string of the molecule is C/C(=N/OCc1c(C)cccc1NC(=O)N(C)N(C)N)c1cc(C)ccc1C. The van der Waals surface area contributed by atoms with E-state index in [2.05, 4.69) is 35.6 Å². The highest BCUT2D eigenvalue weighted by Gasteiger charge is 2.14. The number of hydrogen-bond acceptors (Lipinski definition) is 5. The van der Waals surface area contributed by atoms with Crippen LogP contribution in [0.4, 0.5) is 10.5 Å². The molecule has 2 aromatic rings. The Bertz CT molecular complexity index is 877. The van der Waals surface area contributed by atoms with Gasteiger partial charge in [0.2, 0.25) is 0 Å². The summed E-state index contributed by atoms with van der Waals surface area (Å²) >= 11 is 0. The number of urea groups is 1. The number of nitrogens with two attached hydrogens (primary N) is 1. The predicted molar refractivity (Wildman–Crippen MR) is 113 cm³/mol. The third kappa shape index (κ3) is 5.31. The Balaban J connectivity index is 2.16. The van der Waals surface area contributed by atoms with E-state index in [1.54, 1.807) is 14.1 Å². The van der Waals surface area contributed by atoms with Crippen molar-refractivity contribution in [1.82, 2.24) is 10.1 Å². The molecule has 2 rings (SSSR count). The lowest BCUT2D eigenvalue weighted by Gasteiger charge is -2.24. The summed E-state index contributed by atoms with van der Waals surface area (Å²) in [6.45, 7) is 8.23. The molecule has 0 spiro atoms. The molecule has 7 heteroatoms. The van der Waals surface area contributed by atoms with Crippen molar-refractivity contribution < 1.29 is 9.63 Å². The minimum atomic E-state index is -0.341. The summed E-state index contributed by atoms with van der Waals surface area (Å²) in [5.41, 5.74) is 6.72. The van der Waals surface area contributed by atoms with E-state index in [1.807, 2.05) is 39.0 Å². The molecule has 0 heterocycles. The summed E-state index contributed by atoms with van der Waals surface area (Å²) in [5, 5.41) is 9.62. The fourth-order valence-corrected chi connectivity index (χ4v) is 2.72. The molecule has 28 heavy (non-hydrogen) atoms. The molecular weight excluding hydrogens is 354 g/mol. The Morgan fingerprint density at radius 3 is 2.54 bits per heavy atom. The fourth-order valence-electron chi connectivity index (χ4n) is 2.72. The average Bonchev–Trinajstić information content (AvgIpc) is 2.64. The van der Waals surface area contributed by atoms with E-state index in [-0.39, 0.29) is 12.6 Å². The summed E-state index contributed by atoms with van der Waals surface area (Å²) < 4.78 is 0.